The van der Waals surface area contributed by atoms with Gasteiger partial charge in [0.05, 0.1) is 5.69 Å². The molecule has 0 unspecified atom stereocenters. The quantitative estimate of drug-likeness (QED) is 0.811. The molecule has 1 saturated carbocycles. The summed E-state index contributed by atoms with van der Waals surface area (Å²) in [4.78, 5) is 16.6. The van der Waals surface area contributed by atoms with E-state index in [0.717, 1.165) is 18.4 Å². The van der Waals surface area contributed by atoms with Crippen LogP contribution in [-0.4, -0.2) is 16.9 Å². The van der Waals surface area contributed by atoms with Crippen LogP contribution in [0.3, 0.4) is 0 Å². The second-order valence-corrected chi connectivity index (χ2v) is 6.09. The first-order valence-corrected chi connectivity index (χ1v) is 7.45. The number of nitrogens with two attached hydrogens (primary N) is 1. The second kappa shape index (κ2) is 5.33. The topological polar surface area (TPSA) is 80.0 Å². The van der Waals surface area contributed by atoms with Crippen molar-refractivity contribution in [3.63, 3.8) is 0 Å². The molecule has 0 bridgehead atoms. The van der Waals surface area contributed by atoms with Crippen LogP contribution in [0, 0.1) is 12.7 Å². The predicted molar refractivity (Wildman–Crippen MR) is 82.3 cm³/mol. The molecule has 1 aromatic heterocycles. The van der Waals surface area contributed by atoms with Crippen molar-refractivity contribution in [2.45, 2.75) is 25.8 Å². The van der Waals surface area contributed by atoms with Gasteiger partial charge < -0.3 is 16.4 Å². The van der Waals surface area contributed by atoms with Gasteiger partial charge in [-0.3, -0.25) is 4.79 Å². The number of nitrogens with zero attached hydrogens (tertiary/aromatic N) is 1. The number of hydrogen-bond acceptors (Lipinski definition) is 5. The number of aromatic nitrogens is 1. The van der Waals surface area contributed by atoms with Crippen LogP contribution >= 0.6 is 11.3 Å². The average molecular weight is 306 g/mol. The van der Waals surface area contributed by atoms with Crippen molar-refractivity contribution in [3.8, 4) is 0 Å². The van der Waals surface area contributed by atoms with Gasteiger partial charge in [0.15, 0.2) is 5.13 Å². The molecule has 5 nitrogen and oxygen atoms in total. The van der Waals surface area contributed by atoms with Crippen molar-refractivity contribution in [1.29, 1.82) is 0 Å². The number of aryl methyl sites for hydroxylation is 1. The van der Waals surface area contributed by atoms with Gasteiger partial charge in [0.1, 0.15) is 16.5 Å². The van der Waals surface area contributed by atoms with Crippen LogP contribution in [0.25, 0.3) is 0 Å². The smallest absolute Gasteiger partial charge is 0.269 e. The zero-order valence-electron chi connectivity index (χ0n) is 11.4. The molecule has 0 spiro atoms. The molecule has 4 N–H and O–H groups in total. The SMILES string of the molecule is Cc1ccc(NC(=O)c2sc(NC3CC3)nc2N)c(F)c1. The Morgan fingerprint density at radius 1 is 1.48 bits per heavy atom. The Morgan fingerprint density at radius 3 is 2.90 bits per heavy atom. The van der Waals surface area contributed by atoms with E-state index in [2.05, 4.69) is 15.6 Å². The summed E-state index contributed by atoms with van der Waals surface area (Å²) in [5, 5.41) is 6.34. The molecule has 110 valence electrons. The number of amides is 1. The predicted octanol–water partition coefficient (Wildman–Crippen LogP) is 3.00. The number of hydrogen-bond donors (Lipinski definition) is 3. The fraction of sp³-hybridized carbons (Fsp3) is 0.286. The average Bonchev–Trinajstić information content (AvgIpc) is 3.15. The monoisotopic (exact) mass is 306 g/mol. The van der Waals surface area contributed by atoms with Crippen LogP contribution in [0.1, 0.15) is 28.1 Å². The van der Waals surface area contributed by atoms with Crippen molar-refractivity contribution in [2.24, 2.45) is 0 Å². The molecule has 0 radical (unpaired) electrons. The molecular weight excluding hydrogens is 291 g/mol. The summed E-state index contributed by atoms with van der Waals surface area (Å²) < 4.78 is 13.7. The summed E-state index contributed by atoms with van der Waals surface area (Å²) in [6, 6.07) is 5.06. The summed E-state index contributed by atoms with van der Waals surface area (Å²) >= 11 is 1.18. The van der Waals surface area contributed by atoms with Gasteiger partial charge in [0, 0.05) is 6.04 Å². The molecular formula is C14H15FN4OS. The Labute approximate surface area is 125 Å². The molecule has 1 aromatic carbocycles. The fourth-order valence-corrected chi connectivity index (χ4v) is 2.72. The van der Waals surface area contributed by atoms with Crippen LogP contribution in [0.4, 0.5) is 21.0 Å². The Balaban J connectivity index is 1.76. The largest absolute Gasteiger partial charge is 0.382 e. The number of nitrogens with one attached hydrogen (secondary N) is 2. The van der Waals surface area contributed by atoms with Crippen LogP contribution in [-0.2, 0) is 0 Å². The lowest BCUT2D eigenvalue weighted by Crippen LogP contribution is -2.13. The van der Waals surface area contributed by atoms with E-state index in [9.17, 15) is 9.18 Å². The Bertz CT molecular complexity index is 696. The van der Waals surface area contributed by atoms with Gasteiger partial charge >= 0.3 is 0 Å². The second-order valence-electron chi connectivity index (χ2n) is 5.09. The van der Waals surface area contributed by atoms with Crippen LogP contribution in [0.15, 0.2) is 18.2 Å². The number of nitrogen functional groups attached to an aromatic ring is 1. The normalized spacial score (nSPS) is 14.0. The maximum Gasteiger partial charge on any atom is 0.269 e. The third-order valence-corrected chi connectivity index (χ3v) is 4.14. The summed E-state index contributed by atoms with van der Waals surface area (Å²) in [7, 11) is 0. The van der Waals surface area contributed by atoms with E-state index in [0.29, 0.717) is 11.2 Å². The first kappa shape index (κ1) is 13.8. The van der Waals surface area contributed by atoms with Gasteiger partial charge in [-0.2, -0.15) is 0 Å². The van der Waals surface area contributed by atoms with Crippen molar-refractivity contribution in [3.05, 3.63) is 34.5 Å². The number of anilines is 3. The number of benzene rings is 1. The highest BCUT2D eigenvalue weighted by Gasteiger charge is 2.24. The highest BCUT2D eigenvalue weighted by Crippen LogP contribution is 2.31. The maximum atomic E-state index is 13.7. The molecule has 0 atom stereocenters. The van der Waals surface area contributed by atoms with Gasteiger partial charge in [0.25, 0.3) is 5.91 Å². The minimum Gasteiger partial charge on any atom is -0.382 e. The van der Waals surface area contributed by atoms with Crippen molar-refractivity contribution in [1.82, 2.24) is 4.98 Å². The first-order valence-electron chi connectivity index (χ1n) is 6.63. The summed E-state index contributed by atoms with van der Waals surface area (Å²) in [6.07, 6.45) is 2.21. The third-order valence-electron chi connectivity index (χ3n) is 3.14. The number of thiazole rings is 1. The molecule has 0 saturated heterocycles. The Kier molecular flexibility index (Phi) is 3.50. The van der Waals surface area contributed by atoms with Gasteiger partial charge in [-0.15, -0.1) is 0 Å². The first-order chi connectivity index (χ1) is 10.0. The summed E-state index contributed by atoms with van der Waals surface area (Å²) in [5.41, 5.74) is 6.68. The van der Waals surface area contributed by atoms with E-state index in [1.807, 2.05) is 0 Å². The van der Waals surface area contributed by atoms with E-state index >= 15 is 0 Å². The molecule has 7 heteroatoms. The highest BCUT2D eigenvalue weighted by atomic mass is 32.1. The molecule has 1 heterocycles. The number of halogens is 1. The van der Waals surface area contributed by atoms with Crippen molar-refractivity contribution >= 4 is 33.9 Å². The lowest BCUT2D eigenvalue weighted by atomic mass is 10.2. The standard InChI is InChI=1S/C14H15FN4OS/c1-7-2-5-10(9(15)6-7)18-13(20)11-12(16)19-14(21-11)17-8-3-4-8/h2,5-6,8H,3-4,16H2,1H3,(H,17,19)(H,18,20). The van der Waals surface area contributed by atoms with E-state index in [1.54, 1.807) is 13.0 Å². The van der Waals surface area contributed by atoms with Gasteiger partial charge in [-0.1, -0.05) is 17.4 Å². The highest BCUT2D eigenvalue weighted by molar-refractivity contribution is 7.18. The fourth-order valence-electron chi connectivity index (χ4n) is 1.86. The Morgan fingerprint density at radius 2 is 2.24 bits per heavy atom. The number of carbonyl (C=O) groups is 1. The van der Waals surface area contributed by atoms with Gasteiger partial charge in [-0.25, -0.2) is 9.37 Å². The summed E-state index contributed by atoms with van der Waals surface area (Å²) in [5.74, 6) is -0.757. The number of rotatable bonds is 4. The minimum atomic E-state index is -0.470. The molecule has 1 fully saturated rings. The molecule has 1 amide bonds. The third kappa shape index (κ3) is 3.13. The molecule has 2 aromatic rings. The maximum absolute atomic E-state index is 13.7. The van der Waals surface area contributed by atoms with E-state index < -0.39 is 11.7 Å². The number of carbonyl (C=O) groups excluding carboxylic acids is 1. The molecule has 1 aliphatic rings. The molecule has 21 heavy (non-hydrogen) atoms. The zero-order valence-corrected chi connectivity index (χ0v) is 12.3. The van der Waals surface area contributed by atoms with E-state index in [4.69, 9.17) is 5.73 Å². The van der Waals surface area contributed by atoms with Crippen molar-refractivity contribution in [2.75, 3.05) is 16.4 Å². The summed E-state index contributed by atoms with van der Waals surface area (Å²) in [6.45, 7) is 1.78. The van der Waals surface area contributed by atoms with E-state index in [-0.39, 0.29) is 16.4 Å². The minimum absolute atomic E-state index is 0.134. The van der Waals surface area contributed by atoms with Crippen LogP contribution in [0.2, 0.25) is 0 Å². The van der Waals surface area contributed by atoms with Crippen LogP contribution < -0.4 is 16.4 Å². The Hall–Kier alpha value is -2.15. The van der Waals surface area contributed by atoms with E-state index in [1.165, 1.54) is 23.5 Å². The van der Waals surface area contributed by atoms with Gasteiger partial charge in [-0.05, 0) is 37.5 Å². The lowest BCUT2D eigenvalue weighted by molar-refractivity contribution is 0.103. The molecule has 1 aliphatic carbocycles. The lowest BCUT2D eigenvalue weighted by Gasteiger charge is -2.05. The molecule has 0 aliphatic heterocycles. The van der Waals surface area contributed by atoms with Gasteiger partial charge in [0.2, 0.25) is 0 Å². The molecule has 3 rings (SSSR count). The van der Waals surface area contributed by atoms with Crippen molar-refractivity contribution < 1.29 is 9.18 Å². The van der Waals surface area contributed by atoms with Crippen LogP contribution in [0.5, 0.6) is 0 Å². The zero-order chi connectivity index (χ0) is 15.0.